The summed E-state index contributed by atoms with van der Waals surface area (Å²) >= 11 is 0. The number of Topliss-reactive ketones (excluding diaryl/α,β-unsaturated/α-hetero) is 1. The molecule has 3 aromatic rings. The fourth-order valence-electron chi connectivity index (χ4n) is 3.69. The Morgan fingerprint density at radius 3 is 2.45 bits per heavy atom. The summed E-state index contributed by atoms with van der Waals surface area (Å²) in [6.07, 6.45) is 0.777. The minimum Gasteiger partial charge on any atom is -0.478 e. The summed E-state index contributed by atoms with van der Waals surface area (Å²) in [7, 11) is -0.890. The number of amides is 1. The van der Waals surface area contributed by atoms with Crippen molar-refractivity contribution in [3.8, 4) is 0 Å². The Hall–Kier alpha value is -3.71. The van der Waals surface area contributed by atoms with Crippen molar-refractivity contribution >= 4 is 38.6 Å². The van der Waals surface area contributed by atoms with Gasteiger partial charge in [-0.3, -0.25) is 14.6 Å². The van der Waals surface area contributed by atoms with Gasteiger partial charge in [-0.1, -0.05) is 36.4 Å². The van der Waals surface area contributed by atoms with Gasteiger partial charge in [0.1, 0.15) is 0 Å². The lowest BCUT2D eigenvalue weighted by molar-refractivity contribution is -0.171. The number of pyridine rings is 1. The molecule has 0 aliphatic carbocycles. The molecule has 1 atom stereocenters. The number of carbonyl (C=O) groups is 3. The lowest BCUT2D eigenvalue weighted by Gasteiger charge is -2.29. The third-order valence-electron chi connectivity index (χ3n) is 5.66. The number of carboxylic acids is 1. The van der Waals surface area contributed by atoms with Gasteiger partial charge in [0.25, 0.3) is 5.91 Å². The first-order chi connectivity index (χ1) is 18.0. The molecule has 1 aromatic heterocycles. The monoisotopic (exact) mass is 542 g/mol. The van der Waals surface area contributed by atoms with E-state index in [1.807, 2.05) is 22.9 Å². The van der Waals surface area contributed by atoms with Crippen molar-refractivity contribution < 1.29 is 32.6 Å². The Kier molecular flexibility index (Phi) is 9.64. The number of likely N-dealkylation sites (N-methyl/N-ethyl adjacent to an activating group) is 1. The third-order valence-corrected chi connectivity index (χ3v) is 7.15. The summed E-state index contributed by atoms with van der Waals surface area (Å²) in [6.45, 7) is 0.316. The number of benzene rings is 2. The predicted molar refractivity (Wildman–Crippen MR) is 140 cm³/mol. The van der Waals surface area contributed by atoms with Crippen LogP contribution in [0.2, 0.25) is 0 Å². The lowest BCUT2D eigenvalue weighted by atomic mass is 10.0. The van der Waals surface area contributed by atoms with Gasteiger partial charge in [0.05, 0.1) is 23.4 Å². The minimum absolute atomic E-state index is 0.142. The molecule has 2 aromatic carbocycles. The van der Waals surface area contributed by atoms with Gasteiger partial charge in [-0.25, -0.2) is 13.2 Å². The van der Waals surface area contributed by atoms with Gasteiger partial charge in [-0.05, 0) is 50.3 Å². The van der Waals surface area contributed by atoms with Crippen molar-refractivity contribution in [3.05, 3.63) is 72.4 Å². The molecule has 1 unspecified atom stereocenters. The molecule has 0 saturated heterocycles. The van der Waals surface area contributed by atoms with Crippen molar-refractivity contribution in [2.24, 2.45) is 0 Å². The fourth-order valence-corrected chi connectivity index (χ4v) is 4.98. The van der Waals surface area contributed by atoms with E-state index in [1.54, 1.807) is 43.4 Å². The van der Waals surface area contributed by atoms with Crippen molar-refractivity contribution in [2.75, 3.05) is 33.8 Å². The van der Waals surface area contributed by atoms with Crippen LogP contribution in [-0.4, -0.2) is 80.6 Å². The zero-order valence-electron chi connectivity index (χ0n) is 21.1. The summed E-state index contributed by atoms with van der Waals surface area (Å²) in [5.41, 5.74) is -1.22. The molecule has 1 amide bonds. The smallest absolute Gasteiger partial charge is 0.352 e. The number of nitrogens with one attached hydrogen (secondary N) is 2. The molecule has 38 heavy (non-hydrogen) atoms. The van der Waals surface area contributed by atoms with Crippen LogP contribution in [0.15, 0.2) is 71.8 Å². The van der Waals surface area contributed by atoms with Crippen LogP contribution in [0.1, 0.15) is 12.0 Å². The van der Waals surface area contributed by atoms with Gasteiger partial charge < -0.3 is 20.1 Å². The topological polar surface area (TPSA) is 155 Å². The zero-order chi connectivity index (χ0) is 27.8. The van der Waals surface area contributed by atoms with Gasteiger partial charge in [0.2, 0.25) is 21.5 Å². The Labute approximate surface area is 220 Å². The minimum atomic E-state index is -4.45. The standard InChI is InChI=1S/C26H30N4O7S/c1-30(2)16-15-28-24(32)23(31)18-26(25(33)34,29-38(35,36)20-9-4-3-5-10-20)37-17-13-19-8-6-12-22-21(19)11-7-14-27-22/h3-12,14,29H,13,15-18H2,1-2H3,(H,28,32)(H,33,34). The molecule has 0 bridgehead atoms. The molecule has 0 aliphatic heterocycles. The maximum absolute atomic E-state index is 13.1. The number of fused-ring (bicyclic) bond motifs is 1. The summed E-state index contributed by atoms with van der Waals surface area (Å²) in [4.78, 5) is 43.5. The van der Waals surface area contributed by atoms with E-state index in [4.69, 9.17) is 4.74 Å². The Balaban J connectivity index is 1.87. The van der Waals surface area contributed by atoms with E-state index < -0.39 is 39.8 Å². The molecule has 0 spiro atoms. The number of hydrogen-bond acceptors (Lipinski definition) is 8. The molecule has 0 fully saturated rings. The summed E-state index contributed by atoms with van der Waals surface area (Å²) in [5.74, 6) is -3.94. The van der Waals surface area contributed by atoms with Crippen molar-refractivity contribution in [1.29, 1.82) is 0 Å². The van der Waals surface area contributed by atoms with Crippen molar-refractivity contribution in [1.82, 2.24) is 19.9 Å². The third kappa shape index (κ3) is 7.42. The average Bonchev–Trinajstić information content (AvgIpc) is 2.88. The number of ether oxygens (including phenoxy) is 1. The van der Waals surface area contributed by atoms with Crippen LogP contribution in [0, 0.1) is 0 Å². The van der Waals surface area contributed by atoms with Gasteiger partial charge in [0.15, 0.2) is 0 Å². The molecule has 1 heterocycles. The van der Waals surface area contributed by atoms with Crippen LogP contribution in [0.4, 0.5) is 0 Å². The SMILES string of the molecule is CN(C)CCNC(=O)C(=O)CC(NS(=O)(=O)c1ccccc1)(OCCc1cccc2ncccc12)C(=O)O. The lowest BCUT2D eigenvalue weighted by Crippen LogP contribution is -2.58. The largest absolute Gasteiger partial charge is 0.478 e. The predicted octanol–water partition coefficient (Wildman–Crippen LogP) is 1.19. The highest BCUT2D eigenvalue weighted by Gasteiger charge is 2.47. The normalized spacial score (nSPS) is 13.2. The number of carbonyl (C=O) groups excluding carboxylic acids is 2. The van der Waals surface area contributed by atoms with E-state index >= 15 is 0 Å². The van der Waals surface area contributed by atoms with E-state index in [0.29, 0.717) is 6.54 Å². The zero-order valence-corrected chi connectivity index (χ0v) is 21.9. The van der Waals surface area contributed by atoms with Gasteiger partial charge >= 0.3 is 5.97 Å². The van der Waals surface area contributed by atoms with Gasteiger partial charge in [0, 0.05) is 24.7 Å². The summed E-state index contributed by atoms with van der Waals surface area (Å²) < 4.78 is 33.8. The second-order valence-corrected chi connectivity index (χ2v) is 10.5. The number of ketones is 1. The number of sulfonamides is 1. The highest BCUT2D eigenvalue weighted by molar-refractivity contribution is 7.89. The van der Waals surface area contributed by atoms with E-state index in [0.717, 1.165) is 16.5 Å². The van der Waals surface area contributed by atoms with E-state index in [2.05, 4.69) is 10.3 Å². The number of nitrogens with zero attached hydrogens (tertiary/aromatic N) is 2. The Bertz CT molecular complexity index is 1390. The summed E-state index contributed by atoms with van der Waals surface area (Å²) in [6, 6.07) is 16.1. The molecule has 11 nitrogen and oxygen atoms in total. The van der Waals surface area contributed by atoms with Crippen LogP contribution in [0.25, 0.3) is 10.9 Å². The summed E-state index contributed by atoms with van der Waals surface area (Å²) in [5, 5.41) is 13.4. The van der Waals surface area contributed by atoms with Crippen molar-refractivity contribution in [3.63, 3.8) is 0 Å². The first-order valence-corrected chi connectivity index (χ1v) is 13.3. The number of carboxylic acid groups (broad SMARTS) is 1. The Morgan fingerprint density at radius 1 is 1.03 bits per heavy atom. The van der Waals surface area contributed by atoms with Gasteiger partial charge in [-0.15, -0.1) is 0 Å². The average molecular weight is 543 g/mol. The Morgan fingerprint density at radius 2 is 1.76 bits per heavy atom. The molecule has 0 aliphatic rings. The number of aliphatic carboxylic acids is 1. The van der Waals surface area contributed by atoms with Crippen LogP contribution in [-0.2, 0) is 35.6 Å². The number of rotatable bonds is 14. The van der Waals surface area contributed by atoms with E-state index in [-0.39, 0.29) is 24.5 Å². The van der Waals surface area contributed by atoms with Crippen LogP contribution < -0.4 is 10.0 Å². The first kappa shape index (κ1) is 28.9. The van der Waals surface area contributed by atoms with E-state index in [9.17, 15) is 27.9 Å². The maximum atomic E-state index is 13.1. The highest BCUT2D eigenvalue weighted by atomic mass is 32.2. The van der Waals surface area contributed by atoms with Crippen LogP contribution in [0.5, 0.6) is 0 Å². The second kappa shape index (κ2) is 12.7. The number of hydrogen-bond donors (Lipinski definition) is 3. The van der Waals surface area contributed by atoms with Crippen molar-refractivity contribution in [2.45, 2.75) is 23.5 Å². The molecular weight excluding hydrogens is 512 g/mol. The highest BCUT2D eigenvalue weighted by Crippen LogP contribution is 2.22. The fraction of sp³-hybridized carbons (Fsp3) is 0.308. The molecule has 12 heteroatoms. The van der Waals surface area contributed by atoms with Crippen LogP contribution in [0.3, 0.4) is 0 Å². The number of aromatic nitrogens is 1. The quantitative estimate of drug-likeness (QED) is 0.201. The molecule has 0 radical (unpaired) electrons. The van der Waals surface area contributed by atoms with Gasteiger partial charge in [-0.2, -0.15) is 4.72 Å². The molecule has 3 rings (SSSR count). The molecular formula is C26H30N4O7S. The molecule has 3 N–H and O–H groups in total. The van der Waals surface area contributed by atoms with Crippen LogP contribution >= 0.6 is 0 Å². The van der Waals surface area contributed by atoms with E-state index in [1.165, 1.54) is 24.3 Å². The first-order valence-electron chi connectivity index (χ1n) is 11.8. The molecule has 0 saturated carbocycles. The second-order valence-electron chi connectivity index (χ2n) is 8.80. The molecule has 202 valence electrons. The maximum Gasteiger partial charge on any atom is 0.352 e.